The summed E-state index contributed by atoms with van der Waals surface area (Å²) in [6.07, 6.45) is 3.41. The Bertz CT molecular complexity index is 1020. The van der Waals surface area contributed by atoms with Crippen LogP contribution in [0.2, 0.25) is 0 Å². The third-order valence-electron chi connectivity index (χ3n) is 4.96. The second-order valence-electron chi connectivity index (χ2n) is 7.27. The van der Waals surface area contributed by atoms with Gasteiger partial charge in [0.05, 0.1) is 0 Å². The first-order valence-electron chi connectivity index (χ1n) is 9.68. The van der Waals surface area contributed by atoms with Crippen molar-refractivity contribution in [2.45, 2.75) is 13.8 Å². The van der Waals surface area contributed by atoms with E-state index in [0.717, 1.165) is 5.39 Å². The summed E-state index contributed by atoms with van der Waals surface area (Å²) in [5, 5.41) is 3.60. The Morgan fingerprint density at radius 2 is 1.72 bits per heavy atom. The van der Waals surface area contributed by atoms with E-state index in [1.807, 2.05) is 36.9 Å². The van der Waals surface area contributed by atoms with Crippen molar-refractivity contribution in [3.8, 4) is 0 Å². The van der Waals surface area contributed by atoms with Crippen LogP contribution in [0.4, 0.5) is 11.6 Å². The van der Waals surface area contributed by atoms with Gasteiger partial charge in [0.2, 0.25) is 17.6 Å². The van der Waals surface area contributed by atoms with Crippen molar-refractivity contribution < 1.29 is 14.0 Å². The van der Waals surface area contributed by atoms with Crippen LogP contribution in [0.5, 0.6) is 0 Å². The lowest BCUT2D eigenvalue weighted by Crippen LogP contribution is -2.49. The van der Waals surface area contributed by atoms with Gasteiger partial charge in [0.1, 0.15) is 11.3 Å². The van der Waals surface area contributed by atoms with Crippen LogP contribution in [0.15, 0.2) is 47.1 Å². The van der Waals surface area contributed by atoms with Crippen LogP contribution < -0.4 is 10.2 Å². The maximum atomic E-state index is 13.2. The highest BCUT2D eigenvalue weighted by Gasteiger charge is 2.29. The maximum absolute atomic E-state index is 13.2. The zero-order chi connectivity index (χ0) is 20.4. The standard InChI is InChI=1S/C21H23N5O3/c1-14(2)19(27)24-17-15-6-3-4-7-16(15)29-18(17)20(28)25-10-12-26(13-11-25)21-22-8-5-9-23-21/h3-9,14H,10-13H2,1-2H3,(H,24,27). The highest BCUT2D eigenvalue weighted by molar-refractivity contribution is 6.11. The predicted octanol–water partition coefficient (Wildman–Crippen LogP) is 2.78. The summed E-state index contributed by atoms with van der Waals surface area (Å²) in [5.74, 6) is 0.240. The average molecular weight is 393 g/mol. The molecule has 3 heterocycles. The Labute approximate surface area is 168 Å². The Morgan fingerprint density at radius 3 is 2.41 bits per heavy atom. The molecule has 1 N–H and O–H groups in total. The number of benzene rings is 1. The fourth-order valence-electron chi connectivity index (χ4n) is 3.30. The molecule has 0 atom stereocenters. The first kappa shape index (κ1) is 18.9. The smallest absolute Gasteiger partial charge is 0.291 e. The Kier molecular flexibility index (Phi) is 5.16. The van der Waals surface area contributed by atoms with Gasteiger partial charge in [-0.3, -0.25) is 9.59 Å². The molecule has 0 spiro atoms. The van der Waals surface area contributed by atoms with Crippen LogP contribution in [0.25, 0.3) is 11.0 Å². The van der Waals surface area contributed by atoms with E-state index < -0.39 is 0 Å². The molecule has 2 aromatic heterocycles. The molecule has 8 heteroatoms. The fourth-order valence-corrected chi connectivity index (χ4v) is 3.30. The van der Waals surface area contributed by atoms with Crippen molar-refractivity contribution in [1.29, 1.82) is 0 Å². The number of hydrogen-bond donors (Lipinski definition) is 1. The zero-order valence-electron chi connectivity index (χ0n) is 16.5. The maximum Gasteiger partial charge on any atom is 0.291 e. The average Bonchev–Trinajstić information content (AvgIpc) is 3.12. The molecule has 4 rings (SSSR count). The molecular formula is C21H23N5O3. The van der Waals surface area contributed by atoms with Gasteiger partial charge in [0.15, 0.2) is 0 Å². The Hall–Kier alpha value is -3.42. The summed E-state index contributed by atoms with van der Waals surface area (Å²) in [4.78, 5) is 37.8. The molecule has 3 aromatic rings. The number of aromatic nitrogens is 2. The molecule has 8 nitrogen and oxygen atoms in total. The SMILES string of the molecule is CC(C)C(=O)Nc1c(C(=O)N2CCN(c3ncccn3)CC2)oc2ccccc12. The van der Waals surface area contributed by atoms with Crippen LogP contribution in [0.3, 0.4) is 0 Å². The van der Waals surface area contributed by atoms with Crippen LogP contribution in [-0.2, 0) is 4.79 Å². The van der Waals surface area contributed by atoms with Gasteiger partial charge in [-0.2, -0.15) is 0 Å². The van der Waals surface area contributed by atoms with E-state index in [4.69, 9.17) is 4.42 Å². The molecule has 0 radical (unpaired) electrons. The molecule has 0 bridgehead atoms. The van der Waals surface area contributed by atoms with Crippen molar-refractivity contribution in [3.05, 3.63) is 48.5 Å². The van der Waals surface area contributed by atoms with Gasteiger partial charge in [0.25, 0.3) is 5.91 Å². The van der Waals surface area contributed by atoms with Crippen LogP contribution in [0.1, 0.15) is 24.4 Å². The van der Waals surface area contributed by atoms with Crippen molar-refractivity contribution >= 4 is 34.4 Å². The van der Waals surface area contributed by atoms with E-state index in [2.05, 4.69) is 15.3 Å². The quantitative estimate of drug-likeness (QED) is 0.733. The zero-order valence-corrected chi connectivity index (χ0v) is 16.5. The molecule has 0 aliphatic carbocycles. The minimum atomic E-state index is -0.228. The number of hydrogen-bond acceptors (Lipinski definition) is 6. The summed E-state index contributed by atoms with van der Waals surface area (Å²) in [7, 11) is 0. The summed E-state index contributed by atoms with van der Waals surface area (Å²) in [6, 6.07) is 9.11. The molecule has 1 saturated heterocycles. The normalized spacial score (nSPS) is 14.4. The van der Waals surface area contributed by atoms with Gasteiger partial charge in [0, 0.05) is 49.9 Å². The molecule has 2 amide bonds. The highest BCUT2D eigenvalue weighted by Crippen LogP contribution is 2.32. The van der Waals surface area contributed by atoms with E-state index in [1.54, 1.807) is 29.4 Å². The van der Waals surface area contributed by atoms with Crippen LogP contribution >= 0.6 is 0 Å². The minimum Gasteiger partial charge on any atom is -0.449 e. The predicted molar refractivity (Wildman–Crippen MR) is 110 cm³/mol. The summed E-state index contributed by atoms with van der Waals surface area (Å²) in [6.45, 7) is 5.92. The Morgan fingerprint density at radius 1 is 1.03 bits per heavy atom. The van der Waals surface area contributed by atoms with Crippen molar-refractivity contribution in [2.75, 3.05) is 36.4 Å². The summed E-state index contributed by atoms with van der Waals surface area (Å²) in [5.41, 5.74) is 1.02. The van der Waals surface area contributed by atoms with Crippen molar-refractivity contribution in [1.82, 2.24) is 14.9 Å². The first-order chi connectivity index (χ1) is 14.0. The monoisotopic (exact) mass is 393 g/mol. The van der Waals surface area contributed by atoms with Gasteiger partial charge in [-0.05, 0) is 18.2 Å². The number of carbonyl (C=O) groups excluding carboxylic acids is 2. The lowest BCUT2D eigenvalue weighted by molar-refractivity contribution is -0.118. The second-order valence-corrected chi connectivity index (χ2v) is 7.27. The van der Waals surface area contributed by atoms with E-state index in [0.29, 0.717) is 43.4 Å². The molecule has 0 saturated carbocycles. The third kappa shape index (κ3) is 3.78. The van der Waals surface area contributed by atoms with E-state index in [9.17, 15) is 9.59 Å². The van der Waals surface area contributed by atoms with Crippen molar-refractivity contribution in [2.24, 2.45) is 5.92 Å². The second kappa shape index (κ2) is 7.90. The molecule has 0 unspecified atom stereocenters. The number of para-hydroxylation sites is 1. The summed E-state index contributed by atoms with van der Waals surface area (Å²) < 4.78 is 5.86. The number of nitrogens with one attached hydrogen (secondary N) is 1. The number of rotatable bonds is 4. The van der Waals surface area contributed by atoms with Gasteiger partial charge in [-0.15, -0.1) is 0 Å². The van der Waals surface area contributed by atoms with Gasteiger partial charge in [-0.1, -0.05) is 26.0 Å². The van der Waals surface area contributed by atoms with Crippen LogP contribution in [0, 0.1) is 5.92 Å². The molecule has 1 fully saturated rings. The number of carbonyl (C=O) groups is 2. The van der Waals surface area contributed by atoms with Gasteiger partial charge in [-0.25, -0.2) is 9.97 Å². The number of fused-ring (bicyclic) bond motifs is 1. The van der Waals surface area contributed by atoms with Gasteiger partial charge >= 0.3 is 0 Å². The first-order valence-corrected chi connectivity index (χ1v) is 9.68. The number of nitrogens with zero attached hydrogens (tertiary/aromatic N) is 4. The lowest BCUT2D eigenvalue weighted by atomic mass is 10.1. The number of piperazine rings is 1. The molecule has 150 valence electrons. The van der Waals surface area contributed by atoms with E-state index in [-0.39, 0.29) is 23.5 Å². The van der Waals surface area contributed by atoms with Crippen LogP contribution in [-0.4, -0.2) is 52.9 Å². The van der Waals surface area contributed by atoms with E-state index in [1.165, 1.54) is 0 Å². The van der Waals surface area contributed by atoms with E-state index >= 15 is 0 Å². The number of furan rings is 1. The Balaban J connectivity index is 1.56. The number of anilines is 2. The highest BCUT2D eigenvalue weighted by atomic mass is 16.3. The topological polar surface area (TPSA) is 91.6 Å². The largest absolute Gasteiger partial charge is 0.449 e. The molecule has 1 aliphatic rings. The summed E-state index contributed by atoms with van der Waals surface area (Å²) >= 11 is 0. The molecule has 1 aliphatic heterocycles. The minimum absolute atomic E-state index is 0.156. The number of amides is 2. The lowest BCUT2D eigenvalue weighted by Gasteiger charge is -2.34. The molecule has 1 aromatic carbocycles. The third-order valence-corrected chi connectivity index (χ3v) is 4.96. The fraction of sp³-hybridized carbons (Fsp3) is 0.333. The molecular weight excluding hydrogens is 370 g/mol. The molecule has 29 heavy (non-hydrogen) atoms. The van der Waals surface area contributed by atoms with Gasteiger partial charge < -0.3 is 19.5 Å². The van der Waals surface area contributed by atoms with Crippen molar-refractivity contribution in [3.63, 3.8) is 0 Å².